The molecule has 0 spiro atoms. The molecule has 104 valence electrons. The Kier molecular flexibility index (Phi) is 2.74. The molecule has 1 amide bonds. The van der Waals surface area contributed by atoms with Gasteiger partial charge in [0.15, 0.2) is 0 Å². The fourth-order valence-electron chi connectivity index (χ4n) is 2.89. The molecular weight excluding hydrogens is 262 g/mol. The summed E-state index contributed by atoms with van der Waals surface area (Å²) in [6, 6.07) is 14.0. The number of nitrogens with one attached hydrogen (secondary N) is 1. The lowest BCUT2D eigenvalue weighted by atomic mass is 10.0. The Labute approximate surface area is 122 Å². The van der Waals surface area contributed by atoms with Gasteiger partial charge < -0.3 is 9.88 Å². The third kappa shape index (κ3) is 2.09. The summed E-state index contributed by atoms with van der Waals surface area (Å²) in [6.45, 7) is 1.34. The van der Waals surface area contributed by atoms with Gasteiger partial charge in [-0.1, -0.05) is 30.3 Å². The number of nitrogens with zero attached hydrogens (tertiary/aromatic N) is 2. The largest absolute Gasteiger partial charge is 0.347 e. The fraction of sp³-hybridized carbons (Fsp3) is 0.176. The van der Waals surface area contributed by atoms with Crippen molar-refractivity contribution in [3.8, 4) is 0 Å². The van der Waals surface area contributed by atoms with Crippen LogP contribution in [0.15, 0.2) is 48.8 Å². The predicted octanol–water partition coefficient (Wildman–Crippen LogP) is 2.76. The SMILES string of the molecule is O=C(c1ccc2ccccc2c1)N1CCc2nc[nH]c2C1. The zero-order valence-electron chi connectivity index (χ0n) is 11.5. The summed E-state index contributed by atoms with van der Waals surface area (Å²) in [7, 11) is 0. The zero-order chi connectivity index (χ0) is 14.2. The number of hydrogen-bond acceptors (Lipinski definition) is 2. The molecule has 0 saturated carbocycles. The molecule has 4 rings (SSSR count). The second-order valence-electron chi connectivity index (χ2n) is 5.37. The van der Waals surface area contributed by atoms with E-state index in [0.717, 1.165) is 40.7 Å². The maximum atomic E-state index is 12.7. The van der Waals surface area contributed by atoms with Crippen LogP contribution in [0.5, 0.6) is 0 Å². The molecule has 0 saturated heterocycles. The first-order chi connectivity index (χ1) is 10.3. The molecule has 1 aliphatic heterocycles. The van der Waals surface area contributed by atoms with Gasteiger partial charge in [0.2, 0.25) is 0 Å². The van der Waals surface area contributed by atoms with Crippen molar-refractivity contribution >= 4 is 16.7 Å². The van der Waals surface area contributed by atoms with Crippen LogP contribution >= 0.6 is 0 Å². The van der Waals surface area contributed by atoms with Crippen molar-refractivity contribution in [2.24, 2.45) is 0 Å². The summed E-state index contributed by atoms with van der Waals surface area (Å²) in [5.41, 5.74) is 2.88. The van der Waals surface area contributed by atoms with E-state index in [4.69, 9.17) is 0 Å². The minimum Gasteiger partial charge on any atom is -0.347 e. The molecule has 3 aromatic rings. The first-order valence-electron chi connectivity index (χ1n) is 7.10. The fourth-order valence-corrected chi connectivity index (χ4v) is 2.89. The van der Waals surface area contributed by atoms with Gasteiger partial charge in [-0.2, -0.15) is 0 Å². The van der Waals surface area contributed by atoms with Gasteiger partial charge in [0, 0.05) is 18.5 Å². The number of amides is 1. The van der Waals surface area contributed by atoms with Crippen LogP contribution in [0.25, 0.3) is 10.8 Å². The molecule has 2 aromatic carbocycles. The molecule has 1 N–H and O–H groups in total. The van der Waals surface area contributed by atoms with Crippen molar-refractivity contribution in [1.29, 1.82) is 0 Å². The summed E-state index contributed by atoms with van der Waals surface area (Å²) >= 11 is 0. The summed E-state index contributed by atoms with van der Waals surface area (Å²) in [4.78, 5) is 21.9. The predicted molar refractivity (Wildman–Crippen MR) is 81.0 cm³/mol. The molecule has 2 heterocycles. The van der Waals surface area contributed by atoms with E-state index in [1.807, 2.05) is 41.3 Å². The molecular formula is C17H15N3O. The van der Waals surface area contributed by atoms with Gasteiger partial charge in [-0.15, -0.1) is 0 Å². The van der Waals surface area contributed by atoms with Crippen LogP contribution in [0.4, 0.5) is 0 Å². The highest BCUT2D eigenvalue weighted by molar-refractivity contribution is 5.98. The van der Waals surface area contributed by atoms with E-state index in [1.54, 1.807) is 6.33 Å². The summed E-state index contributed by atoms with van der Waals surface area (Å²) in [5, 5.41) is 2.26. The summed E-state index contributed by atoms with van der Waals surface area (Å²) < 4.78 is 0. The normalized spacial score (nSPS) is 14.2. The van der Waals surface area contributed by atoms with Crippen molar-refractivity contribution in [3.63, 3.8) is 0 Å². The lowest BCUT2D eigenvalue weighted by Crippen LogP contribution is -2.36. The van der Waals surface area contributed by atoms with Gasteiger partial charge in [0.05, 0.1) is 24.3 Å². The molecule has 0 radical (unpaired) electrons. The number of benzene rings is 2. The van der Waals surface area contributed by atoms with Gasteiger partial charge in [0.25, 0.3) is 5.91 Å². The van der Waals surface area contributed by atoms with E-state index in [-0.39, 0.29) is 5.91 Å². The maximum Gasteiger partial charge on any atom is 0.254 e. The zero-order valence-corrected chi connectivity index (χ0v) is 11.5. The topological polar surface area (TPSA) is 49.0 Å². The number of aromatic nitrogens is 2. The number of fused-ring (bicyclic) bond motifs is 2. The molecule has 0 fully saturated rings. The Morgan fingerprint density at radius 2 is 2.00 bits per heavy atom. The molecule has 21 heavy (non-hydrogen) atoms. The molecule has 0 bridgehead atoms. The highest BCUT2D eigenvalue weighted by atomic mass is 16.2. The molecule has 0 atom stereocenters. The minimum absolute atomic E-state index is 0.0843. The maximum absolute atomic E-state index is 12.7. The van der Waals surface area contributed by atoms with Crippen LogP contribution in [0.1, 0.15) is 21.7 Å². The van der Waals surface area contributed by atoms with Crippen molar-refractivity contribution in [3.05, 3.63) is 65.7 Å². The van der Waals surface area contributed by atoms with Crippen LogP contribution in [0, 0.1) is 0 Å². The van der Waals surface area contributed by atoms with E-state index < -0.39 is 0 Å². The number of imidazole rings is 1. The Balaban J connectivity index is 1.64. The van der Waals surface area contributed by atoms with Gasteiger partial charge in [-0.3, -0.25) is 4.79 Å². The molecule has 4 nitrogen and oxygen atoms in total. The minimum atomic E-state index is 0.0843. The van der Waals surface area contributed by atoms with Crippen molar-refractivity contribution in [1.82, 2.24) is 14.9 Å². The highest BCUT2D eigenvalue weighted by Crippen LogP contribution is 2.20. The second kappa shape index (κ2) is 4.74. The van der Waals surface area contributed by atoms with Crippen LogP contribution in [-0.2, 0) is 13.0 Å². The van der Waals surface area contributed by atoms with Crippen LogP contribution in [0.3, 0.4) is 0 Å². The second-order valence-corrected chi connectivity index (χ2v) is 5.37. The third-order valence-electron chi connectivity index (χ3n) is 4.06. The van der Waals surface area contributed by atoms with Crippen LogP contribution < -0.4 is 0 Å². The van der Waals surface area contributed by atoms with E-state index in [0.29, 0.717) is 6.54 Å². The monoisotopic (exact) mass is 277 g/mol. The average Bonchev–Trinajstić information content (AvgIpc) is 3.01. The number of H-pyrrole nitrogens is 1. The first-order valence-corrected chi connectivity index (χ1v) is 7.10. The Morgan fingerprint density at radius 3 is 2.90 bits per heavy atom. The molecule has 0 unspecified atom stereocenters. The van der Waals surface area contributed by atoms with Crippen LogP contribution in [0.2, 0.25) is 0 Å². The smallest absolute Gasteiger partial charge is 0.254 e. The van der Waals surface area contributed by atoms with Crippen LogP contribution in [-0.4, -0.2) is 27.3 Å². The van der Waals surface area contributed by atoms with Crippen molar-refractivity contribution < 1.29 is 4.79 Å². The van der Waals surface area contributed by atoms with E-state index in [2.05, 4.69) is 16.0 Å². The van der Waals surface area contributed by atoms with Gasteiger partial charge >= 0.3 is 0 Å². The van der Waals surface area contributed by atoms with E-state index >= 15 is 0 Å². The Bertz CT molecular complexity index is 822. The first kappa shape index (κ1) is 12.1. The number of aromatic amines is 1. The molecule has 1 aliphatic rings. The third-order valence-corrected chi connectivity index (χ3v) is 4.06. The summed E-state index contributed by atoms with van der Waals surface area (Å²) in [5.74, 6) is 0.0843. The molecule has 0 aliphatic carbocycles. The quantitative estimate of drug-likeness (QED) is 0.743. The van der Waals surface area contributed by atoms with Crippen molar-refractivity contribution in [2.45, 2.75) is 13.0 Å². The lowest BCUT2D eigenvalue weighted by molar-refractivity contribution is 0.0732. The van der Waals surface area contributed by atoms with Gasteiger partial charge in [0.1, 0.15) is 0 Å². The lowest BCUT2D eigenvalue weighted by Gasteiger charge is -2.26. The number of rotatable bonds is 1. The Morgan fingerprint density at radius 1 is 1.14 bits per heavy atom. The van der Waals surface area contributed by atoms with E-state index in [9.17, 15) is 4.79 Å². The van der Waals surface area contributed by atoms with Gasteiger partial charge in [-0.05, 0) is 22.9 Å². The number of carbonyl (C=O) groups excluding carboxylic acids is 1. The molecule has 4 heteroatoms. The number of carbonyl (C=O) groups is 1. The number of hydrogen-bond donors (Lipinski definition) is 1. The standard InChI is InChI=1S/C17H15N3O/c21-17(20-8-7-15-16(10-20)19-11-18-15)14-6-5-12-3-1-2-4-13(12)9-14/h1-6,9,11H,7-8,10H2,(H,18,19). The highest BCUT2D eigenvalue weighted by Gasteiger charge is 2.23. The Hall–Kier alpha value is -2.62. The summed E-state index contributed by atoms with van der Waals surface area (Å²) in [6.07, 6.45) is 2.52. The molecule has 1 aromatic heterocycles. The van der Waals surface area contributed by atoms with Crippen molar-refractivity contribution in [2.75, 3.05) is 6.54 Å². The van der Waals surface area contributed by atoms with Gasteiger partial charge in [-0.25, -0.2) is 4.98 Å². The average molecular weight is 277 g/mol. The van der Waals surface area contributed by atoms with E-state index in [1.165, 1.54) is 0 Å².